The van der Waals surface area contributed by atoms with Crippen LogP contribution in [0.1, 0.15) is 12.0 Å². The Hall–Kier alpha value is -0.860. The fourth-order valence-electron chi connectivity index (χ4n) is 0.922. The molecule has 0 saturated heterocycles. The number of halogens is 2. The third-order valence-corrected chi connectivity index (χ3v) is 1.79. The number of rotatable bonds is 3. The summed E-state index contributed by atoms with van der Waals surface area (Å²) in [7, 11) is 0. The largest absolute Gasteiger partial charge is 0.396 e. The van der Waals surface area contributed by atoms with E-state index in [1.165, 1.54) is 6.07 Å². The average molecular weight is 201 g/mol. The average Bonchev–Trinajstić information content (AvgIpc) is 2.09. The van der Waals surface area contributed by atoms with Crippen LogP contribution >= 0.6 is 11.6 Å². The van der Waals surface area contributed by atoms with Crippen molar-refractivity contribution in [1.82, 2.24) is 0 Å². The normalized spacial score (nSPS) is 11.0. The summed E-state index contributed by atoms with van der Waals surface area (Å²) in [5, 5.41) is 8.88. The minimum atomic E-state index is -0.346. The molecule has 0 fully saturated rings. The number of hydrogen-bond donors (Lipinski definition) is 1. The first-order valence-electron chi connectivity index (χ1n) is 3.96. The van der Waals surface area contributed by atoms with Gasteiger partial charge in [0.05, 0.1) is 0 Å². The highest BCUT2D eigenvalue weighted by molar-refractivity contribution is 6.30. The van der Waals surface area contributed by atoms with Crippen molar-refractivity contribution >= 4 is 17.7 Å². The van der Waals surface area contributed by atoms with E-state index in [4.69, 9.17) is 16.7 Å². The topological polar surface area (TPSA) is 20.2 Å². The fourth-order valence-corrected chi connectivity index (χ4v) is 1.08. The maximum Gasteiger partial charge on any atom is 0.131 e. The van der Waals surface area contributed by atoms with Crippen molar-refractivity contribution in [3.8, 4) is 0 Å². The summed E-state index contributed by atoms with van der Waals surface area (Å²) in [6.45, 7) is 0.0751. The number of hydrogen-bond acceptors (Lipinski definition) is 1. The van der Waals surface area contributed by atoms with Crippen molar-refractivity contribution in [3.05, 3.63) is 40.7 Å². The summed E-state index contributed by atoms with van der Waals surface area (Å²) in [4.78, 5) is 0. The Morgan fingerprint density at radius 2 is 2.23 bits per heavy atom. The molecule has 1 rings (SSSR count). The van der Waals surface area contributed by atoms with Gasteiger partial charge in [-0.25, -0.2) is 4.39 Å². The van der Waals surface area contributed by atoms with Crippen LogP contribution in [0, 0.1) is 5.82 Å². The number of aliphatic hydroxyl groups excluding tert-OH is 1. The first-order valence-corrected chi connectivity index (χ1v) is 4.34. The van der Waals surface area contributed by atoms with Crippen LogP contribution in [0.15, 0.2) is 24.3 Å². The van der Waals surface area contributed by atoms with Gasteiger partial charge in [0.2, 0.25) is 0 Å². The van der Waals surface area contributed by atoms with Gasteiger partial charge in [0.25, 0.3) is 0 Å². The molecule has 0 heterocycles. The second-order valence-electron chi connectivity index (χ2n) is 2.58. The molecule has 1 N–H and O–H groups in total. The van der Waals surface area contributed by atoms with Gasteiger partial charge < -0.3 is 5.11 Å². The maximum atomic E-state index is 13.1. The molecule has 0 aliphatic heterocycles. The molecule has 0 saturated carbocycles. The van der Waals surface area contributed by atoms with E-state index in [0.717, 1.165) is 0 Å². The summed E-state index contributed by atoms with van der Waals surface area (Å²) in [6, 6.07) is 4.50. The molecule has 0 bridgehead atoms. The Balaban J connectivity index is 2.77. The quantitative estimate of drug-likeness (QED) is 0.796. The Bertz CT molecular complexity index is 310. The molecule has 0 aromatic heterocycles. The Morgan fingerprint density at radius 1 is 1.46 bits per heavy atom. The lowest BCUT2D eigenvalue weighted by Gasteiger charge is -1.96. The van der Waals surface area contributed by atoms with E-state index in [-0.39, 0.29) is 12.4 Å². The van der Waals surface area contributed by atoms with Crippen LogP contribution in [0.25, 0.3) is 6.08 Å². The Labute approximate surface area is 81.5 Å². The summed E-state index contributed by atoms with van der Waals surface area (Å²) in [5.41, 5.74) is 0.484. The highest BCUT2D eigenvalue weighted by Gasteiger charge is 1.97. The molecule has 0 aliphatic rings. The second kappa shape index (κ2) is 5.00. The summed E-state index contributed by atoms with van der Waals surface area (Å²) >= 11 is 5.57. The lowest BCUT2D eigenvalue weighted by atomic mass is 10.2. The second-order valence-corrected chi connectivity index (χ2v) is 3.02. The molecule has 1 aromatic rings. The molecule has 13 heavy (non-hydrogen) atoms. The molecule has 0 unspecified atom stereocenters. The molecule has 1 aromatic carbocycles. The van der Waals surface area contributed by atoms with Crippen LogP contribution in [0.2, 0.25) is 5.02 Å². The van der Waals surface area contributed by atoms with E-state index < -0.39 is 0 Å². The van der Waals surface area contributed by atoms with Crippen molar-refractivity contribution in [1.29, 1.82) is 0 Å². The lowest BCUT2D eigenvalue weighted by Crippen LogP contribution is -1.81. The molecule has 3 heteroatoms. The van der Waals surface area contributed by atoms with Crippen LogP contribution in [0.4, 0.5) is 4.39 Å². The van der Waals surface area contributed by atoms with Crippen molar-refractivity contribution in [2.45, 2.75) is 6.42 Å². The number of aliphatic hydroxyl groups is 1. The summed E-state index contributed by atoms with van der Waals surface area (Å²) in [5.74, 6) is -0.346. The Morgan fingerprint density at radius 3 is 2.85 bits per heavy atom. The van der Waals surface area contributed by atoms with E-state index in [1.54, 1.807) is 24.3 Å². The van der Waals surface area contributed by atoms with Crippen molar-refractivity contribution in [2.24, 2.45) is 0 Å². The molecule has 0 aliphatic carbocycles. The minimum Gasteiger partial charge on any atom is -0.396 e. The molecule has 0 atom stereocenters. The molecular weight excluding hydrogens is 191 g/mol. The smallest absolute Gasteiger partial charge is 0.131 e. The molecule has 0 spiro atoms. The third-order valence-electron chi connectivity index (χ3n) is 1.56. The molecular formula is C10H10ClFO. The van der Waals surface area contributed by atoms with Gasteiger partial charge in [-0.05, 0) is 18.6 Å². The van der Waals surface area contributed by atoms with Crippen LogP contribution in [-0.4, -0.2) is 11.7 Å². The van der Waals surface area contributed by atoms with Gasteiger partial charge in [0.1, 0.15) is 5.82 Å². The van der Waals surface area contributed by atoms with Crippen molar-refractivity contribution < 1.29 is 9.50 Å². The third kappa shape index (κ3) is 3.17. The van der Waals surface area contributed by atoms with Gasteiger partial charge in [-0.2, -0.15) is 0 Å². The monoisotopic (exact) mass is 200 g/mol. The predicted molar refractivity (Wildman–Crippen MR) is 52.1 cm³/mol. The zero-order chi connectivity index (χ0) is 9.68. The van der Waals surface area contributed by atoms with Crippen molar-refractivity contribution in [2.75, 3.05) is 6.61 Å². The van der Waals surface area contributed by atoms with E-state index in [1.807, 2.05) is 0 Å². The maximum absolute atomic E-state index is 13.1. The lowest BCUT2D eigenvalue weighted by molar-refractivity contribution is 0.303. The predicted octanol–water partition coefficient (Wildman–Crippen LogP) is 2.87. The van der Waals surface area contributed by atoms with E-state index in [2.05, 4.69) is 0 Å². The molecule has 1 nitrogen and oxygen atoms in total. The van der Waals surface area contributed by atoms with Gasteiger partial charge in [0.15, 0.2) is 0 Å². The van der Waals surface area contributed by atoms with Gasteiger partial charge >= 0.3 is 0 Å². The van der Waals surface area contributed by atoms with Gasteiger partial charge in [-0.1, -0.05) is 29.8 Å². The Kier molecular flexibility index (Phi) is 3.93. The summed E-state index contributed by atoms with van der Waals surface area (Å²) in [6.07, 6.45) is 3.87. The van der Waals surface area contributed by atoms with Crippen LogP contribution in [0.5, 0.6) is 0 Å². The van der Waals surface area contributed by atoms with Crippen LogP contribution in [0.3, 0.4) is 0 Å². The minimum absolute atomic E-state index is 0.0751. The van der Waals surface area contributed by atoms with Crippen LogP contribution < -0.4 is 0 Å². The first-order chi connectivity index (χ1) is 6.24. The van der Waals surface area contributed by atoms with Gasteiger partial charge in [-0.3, -0.25) is 0 Å². The molecule has 0 amide bonds. The standard InChI is InChI=1S/C10H10ClFO/c11-9-5-4-8(10(12)7-9)3-1-2-6-13/h1,3-5,7,13H,2,6H2. The van der Waals surface area contributed by atoms with Gasteiger partial charge in [-0.15, -0.1) is 0 Å². The van der Waals surface area contributed by atoms with Gasteiger partial charge in [0, 0.05) is 17.2 Å². The van der Waals surface area contributed by atoms with E-state index in [0.29, 0.717) is 17.0 Å². The van der Waals surface area contributed by atoms with E-state index >= 15 is 0 Å². The van der Waals surface area contributed by atoms with Crippen LogP contribution in [-0.2, 0) is 0 Å². The SMILES string of the molecule is OCCC=Cc1ccc(Cl)cc1F. The molecule has 70 valence electrons. The zero-order valence-corrected chi connectivity index (χ0v) is 7.76. The zero-order valence-electron chi connectivity index (χ0n) is 7.00. The number of benzene rings is 1. The summed E-state index contributed by atoms with van der Waals surface area (Å²) < 4.78 is 13.1. The first kappa shape index (κ1) is 10.2. The molecule has 0 radical (unpaired) electrons. The highest BCUT2D eigenvalue weighted by atomic mass is 35.5. The highest BCUT2D eigenvalue weighted by Crippen LogP contribution is 2.15. The van der Waals surface area contributed by atoms with Crippen molar-refractivity contribution in [3.63, 3.8) is 0 Å². The fraction of sp³-hybridized carbons (Fsp3) is 0.200. The van der Waals surface area contributed by atoms with E-state index in [9.17, 15) is 4.39 Å².